The Morgan fingerprint density at radius 3 is 2.61 bits per heavy atom. The summed E-state index contributed by atoms with van der Waals surface area (Å²) in [6.45, 7) is 2.09. The maximum absolute atomic E-state index is 12.7. The molecule has 18 heavy (non-hydrogen) atoms. The zero-order valence-corrected chi connectivity index (χ0v) is 11.0. The van der Waals surface area contributed by atoms with Gasteiger partial charge in [0, 0.05) is 25.6 Å². The van der Waals surface area contributed by atoms with Gasteiger partial charge in [-0.2, -0.15) is 0 Å². The van der Waals surface area contributed by atoms with Crippen molar-refractivity contribution in [2.24, 2.45) is 23.0 Å². The average molecular weight is 252 g/mol. The first-order valence-corrected chi connectivity index (χ1v) is 7.34. The Morgan fingerprint density at radius 1 is 1.28 bits per heavy atom. The summed E-state index contributed by atoms with van der Waals surface area (Å²) in [5, 5.41) is 9.92. The number of likely N-dealkylation sites (tertiary alicyclic amines) is 1. The molecule has 1 heterocycles. The largest absolute Gasteiger partial charge is 0.393 e. The lowest BCUT2D eigenvalue weighted by atomic mass is 9.84. The molecule has 0 spiro atoms. The highest BCUT2D eigenvalue weighted by molar-refractivity contribution is 5.83. The van der Waals surface area contributed by atoms with E-state index in [4.69, 9.17) is 5.73 Å². The molecule has 3 N–H and O–H groups in total. The molecule has 0 bridgehead atoms. The van der Waals surface area contributed by atoms with Crippen LogP contribution >= 0.6 is 0 Å². The Balaban J connectivity index is 1.71. The molecule has 1 amide bonds. The third-order valence-electron chi connectivity index (χ3n) is 5.51. The third kappa shape index (κ3) is 1.77. The molecule has 102 valence electrons. The zero-order chi connectivity index (χ0) is 12.8. The number of nitrogens with two attached hydrogens (primary N) is 1. The minimum absolute atomic E-state index is 0.190. The Bertz CT molecular complexity index is 339. The topological polar surface area (TPSA) is 66.6 Å². The van der Waals surface area contributed by atoms with Gasteiger partial charge >= 0.3 is 0 Å². The molecule has 1 saturated heterocycles. The summed E-state index contributed by atoms with van der Waals surface area (Å²) in [5.41, 5.74) is 5.61. The minimum atomic E-state index is -0.274. The second-order valence-corrected chi connectivity index (χ2v) is 6.47. The summed E-state index contributed by atoms with van der Waals surface area (Å²) in [6.07, 6.45) is 5.97. The molecular formula is C14H24N2O2. The van der Waals surface area contributed by atoms with Crippen molar-refractivity contribution in [1.82, 2.24) is 4.90 Å². The van der Waals surface area contributed by atoms with Crippen molar-refractivity contribution in [2.75, 3.05) is 19.6 Å². The van der Waals surface area contributed by atoms with E-state index in [1.165, 1.54) is 0 Å². The van der Waals surface area contributed by atoms with Crippen LogP contribution in [0.1, 0.15) is 38.5 Å². The van der Waals surface area contributed by atoms with Crippen LogP contribution in [0.3, 0.4) is 0 Å². The summed E-state index contributed by atoms with van der Waals surface area (Å²) in [6, 6.07) is 0. The molecule has 3 unspecified atom stereocenters. The van der Waals surface area contributed by atoms with Gasteiger partial charge in [-0.05, 0) is 31.6 Å². The number of carbonyl (C=O) groups excluding carboxylic acids is 1. The number of amides is 1. The molecule has 2 saturated carbocycles. The molecule has 4 heteroatoms. The molecule has 4 nitrogen and oxygen atoms in total. The smallest absolute Gasteiger partial charge is 0.230 e. The Morgan fingerprint density at radius 2 is 2.00 bits per heavy atom. The minimum Gasteiger partial charge on any atom is -0.393 e. The molecular weight excluding hydrogens is 228 g/mol. The lowest BCUT2D eigenvalue weighted by molar-refractivity contribution is -0.140. The highest BCUT2D eigenvalue weighted by Gasteiger charge is 2.48. The fourth-order valence-electron chi connectivity index (χ4n) is 4.29. The zero-order valence-electron chi connectivity index (χ0n) is 11.0. The lowest BCUT2D eigenvalue weighted by Gasteiger charge is -2.31. The summed E-state index contributed by atoms with van der Waals surface area (Å²) in [5.74, 6) is 1.12. The van der Waals surface area contributed by atoms with Gasteiger partial charge in [-0.1, -0.05) is 12.8 Å². The molecule has 3 rings (SSSR count). The van der Waals surface area contributed by atoms with Gasteiger partial charge in [0.25, 0.3) is 0 Å². The Hall–Kier alpha value is -0.610. The van der Waals surface area contributed by atoms with Crippen molar-refractivity contribution < 1.29 is 9.90 Å². The summed E-state index contributed by atoms with van der Waals surface area (Å²) in [4.78, 5) is 14.7. The maximum atomic E-state index is 12.7. The van der Waals surface area contributed by atoms with E-state index >= 15 is 0 Å². The standard InChI is InChI=1S/C14H24N2O2/c15-9-14(5-1-2-6-14)13(18)16-7-10-3-4-12(17)11(10)8-16/h10-12,17H,1-9,15H2. The fourth-order valence-corrected chi connectivity index (χ4v) is 4.29. The second kappa shape index (κ2) is 4.49. The van der Waals surface area contributed by atoms with Crippen LogP contribution < -0.4 is 5.73 Å². The molecule has 3 aliphatic rings. The normalized spacial score (nSPS) is 38.1. The van der Waals surface area contributed by atoms with Crippen LogP contribution in [0.4, 0.5) is 0 Å². The van der Waals surface area contributed by atoms with E-state index < -0.39 is 0 Å². The molecule has 1 aliphatic heterocycles. The van der Waals surface area contributed by atoms with Crippen molar-refractivity contribution in [3.8, 4) is 0 Å². The van der Waals surface area contributed by atoms with Crippen LogP contribution in [0.2, 0.25) is 0 Å². The fraction of sp³-hybridized carbons (Fsp3) is 0.929. The number of rotatable bonds is 2. The predicted molar refractivity (Wildman–Crippen MR) is 68.8 cm³/mol. The highest BCUT2D eigenvalue weighted by Crippen LogP contribution is 2.43. The monoisotopic (exact) mass is 252 g/mol. The molecule has 3 fully saturated rings. The number of carbonyl (C=O) groups is 1. The van der Waals surface area contributed by atoms with E-state index in [1.807, 2.05) is 4.90 Å². The van der Waals surface area contributed by atoms with Crippen molar-refractivity contribution in [3.63, 3.8) is 0 Å². The number of nitrogens with zero attached hydrogens (tertiary/aromatic N) is 1. The second-order valence-electron chi connectivity index (χ2n) is 6.47. The molecule has 0 aromatic rings. The van der Waals surface area contributed by atoms with E-state index in [1.54, 1.807) is 0 Å². The van der Waals surface area contributed by atoms with Crippen LogP contribution in [0.25, 0.3) is 0 Å². The molecule has 0 aromatic carbocycles. The average Bonchev–Trinajstić information content (AvgIpc) is 3.06. The van der Waals surface area contributed by atoms with Crippen molar-refractivity contribution in [3.05, 3.63) is 0 Å². The van der Waals surface area contributed by atoms with Crippen LogP contribution in [0.5, 0.6) is 0 Å². The molecule has 0 aromatic heterocycles. The van der Waals surface area contributed by atoms with Gasteiger partial charge in [0.15, 0.2) is 0 Å². The van der Waals surface area contributed by atoms with E-state index in [9.17, 15) is 9.90 Å². The van der Waals surface area contributed by atoms with Gasteiger partial charge in [-0.3, -0.25) is 4.79 Å². The lowest BCUT2D eigenvalue weighted by Crippen LogP contribution is -2.46. The van der Waals surface area contributed by atoms with E-state index in [-0.39, 0.29) is 17.4 Å². The number of hydrogen-bond acceptors (Lipinski definition) is 3. The van der Waals surface area contributed by atoms with Gasteiger partial charge in [0.2, 0.25) is 5.91 Å². The highest BCUT2D eigenvalue weighted by atomic mass is 16.3. The SMILES string of the molecule is NCC1(C(=O)N2CC3CCC(O)C3C2)CCCC1. The van der Waals surface area contributed by atoms with Crippen LogP contribution in [-0.2, 0) is 4.79 Å². The van der Waals surface area contributed by atoms with Gasteiger partial charge in [0.05, 0.1) is 11.5 Å². The van der Waals surface area contributed by atoms with Crippen molar-refractivity contribution in [2.45, 2.75) is 44.6 Å². The predicted octanol–water partition coefficient (Wildman–Crippen LogP) is 0.735. The number of aliphatic hydroxyl groups excluding tert-OH is 1. The van der Waals surface area contributed by atoms with Gasteiger partial charge in [0.1, 0.15) is 0 Å². The molecule has 0 radical (unpaired) electrons. The third-order valence-corrected chi connectivity index (χ3v) is 5.51. The van der Waals surface area contributed by atoms with Crippen LogP contribution in [0, 0.1) is 17.3 Å². The Labute approximate surface area is 109 Å². The van der Waals surface area contributed by atoms with E-state index in [2.05, 4.69) is 0 Å². The number of fused-ring (bicyclic) bond motifs is 1. The molecule has 3 atom stereocenters. The van der Waals surface area contributed by atoms with Crippen LogP contribution in [-0.4, -0.2) is 41.7 Å². The first kappa shape index (κ1) is 12.4. The summed E-state index contributed by atoms with van der Waals surface area (Å²) < 4.78 is 0. The first-order valence-electron chi connectivity index (χ1n) is 7.34. The van der Waals surface area contributed by atoms with Gasteiger partial charge < -0.3 is 15.7 Å². The van der Waals surface area contributed by atoms with E-state index in [0.29, 0.717) is 18.4 Å². The van der Waals surface area contributed by atoms with Crippen molar-refractivity contribution >= 4 is 5.91 Å². The maximum Gasteiger partial charge on any atom is 0.230 e. The summed E-state index contributed by atoms with van der Waals surface area (Å²) in [7, 11) is 0. The van der Waals surface area contributed by atoms with E-state index in [0.717, 1.165) is 51.6 Å². The van der Waals surface area contributed by atoms with Gasteiger partial charge in [-0.25, -0.2) is 0 Å². The Kier molecular flexibility index (Phi) is 3.10. The van der Waals surface area contributed by atoms with Crippen LogP contribution in [0.15, 0.2) is 0 Å². The molecule has 2 aliphatic carbocycles. The number of hydrogen-bond donors (Lipinski definition) is 2. The first-order chi connectivity index (χ1) is 8.66. The van der Waals surface area contributed by atoms with Gasteiger partial charge in [-0.15, -0.1) is 0 Å². The summed E-state index contributed by atoms with van der Waals surface area (Å²) >= 11 is 0. The quantitative estimate of drug-likeness (QED) is 0.761. The van der Waals surface area contributed by atoms with Crippen molar-refractivity contribution in [1.29, 1.82) is 0 Å². The number of aliphatic hydroxyl groups is 1.